The van der Waals surface area contributed by atoms with Gasteiger partial charge in [0, 0.05) is 22.1 Å². The van der Waals surface area contributed by atoms with Gasteiger partial charge >= 0.3 is 0 Å². The summed E-state index contributed by atoms with van der Waals surface area (Å²) in [5, 5.41) is 0. The monoisotopic (exact) mass is 429 g/mol. The van der Waals surface area contributed by atoms with E-state index in [1.54, 1.807) is 18.0 Å². The van der Waals surface area contributed by atoms with Crippen molar-refractivity contribution in [3.8, 4) is 23.1 Å². The number of nitrogens with zero attached hydrogens (tertiary/aromatic N) is 1. The molecule has 0 aliphatic carbocycles. The maximum atomic E-state index is 5.95. The van der Waals surface area contributed by atoms with E-state index >= 15 is 0 Å². The van der Waals surface area contributed by atoms with Crippen LogP contribution in [0.5, 0.6) is 23.1 Å². The summed E-state index contributed by atoms with van der Waals surface area (Å²) in [4.78, 5) is 6.54. The van der Waals surface area contributed by atoms with Crippen molar-refractivity contribution in [1.82, 2.24) is 4.98 Å². The molecule has 0 aliphatic rings. The molecule has 0 saturated carbocycles. The Kier molecular flexibility index (Phi) is 7.08. The second-order valence-corrected chi connectivity index (χ2v) is 8.01. The molecule has 0 fully saturated rings. The van der Waals surface area contributed by atoms with Crippen LogP contribution >= 0.6 is 11.8 Å². The molecule has 1 heterocycles. The highest BCUT2D eigenvalue weighted by molar-refractivity contribution is 7.99. The molecule has 3 aromatic carbocycles. The van der Waals surface area contributed by atoms with Crippen molar-refractivity contribution in [2.24, 2.45) is 0 Å². The van der Waals surface area contributed by atoms with E-state index in [1.807, 2.05) is 79.7 Å². The van der Waals surface area contributed by atoms with Crippen LogP contribution in [0, 0.1) is 0 Å². The van der Waals surface area contributed by atoms with E-state index in [-0.39, 0.29) is 6.10 Å². The van der Waals surface area contributed by atoms with E-state index in [0.29, 0.717) is 12.5 Å². The van der Waals surface area contributed by atoms with Gasteiger partial charge in [-0.15, -0.1) is 0 Å². The molecule has 4 aromatic rings. The summed E-state index contributed by atoms with van der Waals surface area (Å²) in [5.74, 6) is 2.91. The minimum absolute atomic E-state index is 0.113. The summed E-state index contributed by atoms with van der Waals surface area (Å²) < 4.78 is 17.5. The molecule has 0 N–H and O–H groups in total. The van der Waals surface area contributed by atoms with Crippen LogP contribution in [-0.2, 0) is 0 Å². The van der Waals surface area contributed by atoms with Crippen molar-refractivity contribution in [2.75, 3.05) is 6.61 Å². The Balaban J connectivity index is 1.26. The fourth-order valence-electron chi connectivity index (χ4n) is 2.81. The average molecular weight is 430 g/mol. The van der Waals surface area contributed by atoms with Crippen molar-refractivity contribution in [3.63, 3.8) is 0 Å². The number of hydrogen-bond donors (Lipinski definition) is 0. The highest BCUT2D eigenvalue weighted by Gasteiger charge is 2.06. The lowest BCUT2D eigenvalue weighted by Gasteiger charge is -2.15. The maximum Gasteiger partial charge on any atom is 0.213 e. The lowest BCUT2D eigenvalue weighted by Crippen LogP contribution is -2.21. The molecule has 4 nitrogen and oxygen atoms in total. The zero-order chi connectivity index (χ0) is 21.3. The van der Waals surface area contributed by atoms with Crippen molar-refractivity contribution in [2.45, 2.75) is 22.8 Å². The lowest BCUT2D eigenvalue weighted by atomic mass is 10.3. The number of pyridine rings is 1. The highest BCUT2D eigenvalue weighted by atomic mass is 32.2. The van der Waals surface area contributed by atoms with Crippen LogP contribution in [0.3, 0.4) is 0 Å². The third kappa shape index (κ3) is 6.52. The second-order valence-electron chi connectivity index (χ2n) is 6.87. The van der Waals surface area contributed by atoms with Gasteiger partial charge in [0.2, 0.25) is 5.88 Å². The van der Waals surface area contributed by atoms with Crippen LogP contribution in [0.25, 0.3) is 0 Å². The predicted octanol–water partition coefficient (Wildman–Crippen LogP) is 6.87. The summed E-state index contributed by atoms with van der Waals surface area (Å²) in [5.41, 5.74) is 0. The second kappa shape index (κ2) is 10.5. The number of aromatic nitrogens is 1. The maximum absolute atomic E-state index is 5.95. The van der Waals surface area contributed by atoms with Gasteiger partial charge in [0.1, 0.15) is 30.0 Å². The molecule has 0 aliphatic heterocycles. The minimum atomic E-state index is -0.113. The number of benzene rings is 3. The van der Waals surface area contributed by atoms with Gasteiger partial charge in [-0.1, -0.05) is 36.0 Å². The van der Waals surface area contributed by atoms with Gasteiger partial charge in [-0.25, -0.2) is 4.98 Å². The summed E-state index contributed by atoms with van der Waals surface area (Å²) in [7, 11) is 0. The molecule has 1 atom stereocenters. The molecule has 31 heavy (non-hydrogen) atoms. The first-order chi connectivity index (χ1) is 15.2. The molecular formula is C26H23NO3S. The van der Waals surface area contributed by atoms with E-state index in [2.05, 4.69) is 29.2 Å². The van der Waals surface area contributed by atoms with Gasteiger partial charge in [-0.05, 0) is 73.7 Å². The molecule has 0 saturated heterocycles. The molecule has 0 spiro atoms. The molecule has 4 rings (SSSR count). The topological polar surface area (TPSA) is 40.6 Å². The van der Waals surface area contributed by atoms with Gasteiger partial charge in [-0.2, -0.15) is 0 Å². The van der Waals surface area contributed by atoms with Crippen LogP contribution < -0.4 is 14.2 Å². The first-order valence-corrected chi connectivity index (χ1v) is 10.9. The predicted molar refractivity (Wildman–Crippen MR) is 123 cm³/mol. The van der Waals surface area contributed by atoms with Crippen molar-refractivity contribution >= 4 is 11.8 Å². The van der Waals surface area contributed by atoms with Gasteiger partial charge in [0.05, 0.1) is 0 Å². The number of ether oxygens (including phenoxy) is 3. The lowest BCUT2D eigenvalue weighted by molar-refractivity contribution is 0.138. The van der Waals surface area contributed by atoms with Crippen molar-refractivity contribution in [1.29, 1.82) is 0 Å². The summed E-state index contributed by atoms with van der Waals surface area (Å²) >= 11 is 1.73. The summed E-state index contributed by atoms with van der Waals surface area (Å²) in [6.07, 6.45) is 1.59. The van der Waals surface area contributed by atoms with E-state index in [4.69, 9.17) is 14.2 Å². The number of rotatable bonds is 9. The van der Waals surface area contributed by atoms with Gasteiger partial charge in [0.25, 0.3) is 0 Å². The molecule has 1 unspecified atom stereocenters. The van der Waals surface area contributed by atoms with E-state index in [1.165, 1.54) is 9.79 Å². The van der Waals surface area contributed by atoms with E-state index in [0.717, 1.165) is 17.2 Å². The molecule has 0 amide bonds. The molecule has 0 bridgehead atoms. The molecule has 5 heteroatoms. The van der Waals surface area contributed by atoms with Gasteiger partial charge in [0.15, 0.2) is 0 Å². The van der Waals surface area contributed by atoms with Crippen LogP contribution in [-0.4, -0.2) is 17.7 Å². The van der Waals surface area contributed by atoms with Crippen molar-refractivity contribution in [3.05, 3.63) is 103 Å². The quantitative estimate of drug-likeness (QED) is 0.290. The largest absolute Gasteiger partial charge is 0.490 e. The summed E-state index contributed by atoms with van der Waals surface area (Å²) in [6, 6.07) is 31.5. The average Bonchev–Trinajstić information content (AvgIpc) is 2.81. The van der Waals surface area contributed by atoms with Crippen LogP contribution in [0.2, 0.25) is 0 Å². The Morgan fingerprint density at radius 3 is 2.00 bits per heavy atom. The fourth-order valence-corrected chi connectivity index (χ4v) is 3.65. The SMILES string of the molecule is CC(COc1ccc(Oc2ccc(Sc3ccccc3)cc2)cc1)Oc1ccccn1. The van der Waals surface area contributed by atoms with E-state index in [9.17, 15) is 0 Å². The Hall–Kier alpha value is -3.44. The number of hydrogen-bond acceptors (Lipinski definition) is 5. The molecule has 156 valence electrons. The minimum Gasteiger partial charge on any atom is -0.490 e. The third-order valence-corrected chi connectivity index (χ3v) is 5.32. The van der Waals surface area contributed by atoms with Crippen LogP contribution in [0.4, 0.5) is 0 Å². The van der Waals surface area contributed by atoms with Crippen LogP contribution in [0.15, 0.2) is 113 Å². The normalized spacial score (nSPS) is 11.5. The first-order valence-electron chi connectivity index (χ1n) is 10.1. The van der Waals surface area contributed by atoms with Crippen LogP contribution in [0.1, 0.15) is 6.92 Å². The van der Waals surface area contributed by atoms with Gasteiger partial charge in [-0.3, -0.25) is 0 Å². The Morgan fingerprint density at radius 2 is 1.32 bits per heavy atom. The fraction of sp³-hybridized carbons (Fsp3) is 0.115. The third-order valence-electron chi connectivity index (χ3n) is 4.31. The smallest absolute Gasteiger partial charge is 0.213 e. The zero-order valence-corrected chi connectivity index (χ0v) is 18.0. The standard InChI is InChI=1S/C26H23NO3S/c1-20(29-26-9-5-6-18-27-26)19-28-21-10-12-22(13-11-21)30-23-14-16-25(17-15-23)31-24-7-3-2-4-8-24/h2-18,20H,19H2,1H3. The zero-order valence-electron chi connectivity index (χ0n) is 17.2. The molecular weight excluding hydrogens is 406 g/mol. The Bertz CT molecular complexity index is 1060. The first kappa shape index (κ1) is 20.8. The van der Waals surface area contributed by atoms with Crippen molar-refractivity contribution < 1.29 is 14.2 Å². The van der Waals surface area contributed by atoms with E-state index < -0.39 is 0 Å². The Morgan fingerprint density at radius 1 is 0.710 bits per heavy atom. The van der Waals surface area contributed by atoms with Gasteiger partial charge < -0.3 is 14.2 Å². The summed E-state index contributed by atoms with van der Waals surface area (Å²) in [6.45, 7) is 2.38. The Labute approximate surface area is 186 Å². The molecule has 0 radical (unpaired) electrons. The molecule has 1 aromatic heterocycles. The highest BCUT2D eigenvalue weighted by Crippen LogP contribution is 2.30.